The van der Waals surface area contributed by atoms with Crippen molar-refractivity contribution in [1.29, 1.82) is 0 Å². The van der Waals surface area contributed by atoms with Crippen LogP contribution in [0.5, 0.6) is 17.2 Å². The molecular weight excluding hydrogens is 348 g/mol. The maximum absolute atomic E-state index is 12.6. The number of likely N-dealkylation sites (tertiary alicyclic amines) is 1. The summed E-state index contributed by atoms with van der Waals surface area (Å²) in [6.07, 6.45) is 0.200. The number of nitrogens with one attached hydrogen (secondary N) is 1. The fourth-order valence-corrected chi connectivity index (χ4v) is 3.34. The zero-order valence-electron chi connectivity index (χ0n) is 14.9. The molecule has 2 heterocycles. The van der Waals surface area contributed by atoms with Crippen molar-refractivity contribution in [2.24, 2.45) is 5.92 Å². The molecule has 2 aromatic rings. The summed E-state index contributed by atoms with van der Waals surface area (Å²) in [6, 6.07) is 12.8. The Bertz CT molecular complexity index is 882. The summed E-state index contributed by atoms with van der Waals surface area (Å²) in [5.74, 6) is 1.38. The lowest BCUT2D eigenvalue weighted by atomic mass is 10.1. The molecule has 2 amide bonds. The fourth-order valence-electron chi connectivity index (χ4n) is 3.34. The smallest absolute Gasteiger partial charge is 0.231 e. The van der Waals surface area contributed by atoms with Crippen LogP contribution in [0.2, 0.25) is 0 Å². The van der Waals surface area contributed by atoms with Gasteiger partial charge in [-0.05, 0) is 29.8 Å². The van der Waals surface area contributed by atoms with Gasteiger partial charge in [0.15, 0.2) is 11.5 Å². The van der Waals surface area contributed by atoms with Gasteiger partial charge in [-0.3, -0.25) is 9.59 Å². The van der Waals surface area contributed by atoms with Crippen LogP contribution >= 0.6 is 0 Å². The number of carbonyl (C=O) groups is 2. The molecule has 0 aromatic heterocycles. The number of fused-ring (bicyclic) bond motifs is 1. The van der Waals surface area contributed by atoms with Gasteiger partial charge in [0.2, 0.25) is 18.6 Å². The number of amides is 2. The predicted molar refractivity (Wildman–Crippen MR) is 97.7 cm³/mol. The molecule has 27 heavy (non-hydrogen) atoms. The van der Waals surface area contributed by atoms with E-state index in [-0.39, 0.29) is 25.0 Å². The van der Waals surface area contributed by atoms with Crippen LogP contribution in [0.4, 0.5) is 5.69 Å². The van der Waals surface area contributed by atoms with Crippen molar-refractivity contribution < 1.29 is 23.8 Å². The molecule has 0 bridgehead atoms. The second kappa shape index (κ2) is 7.19. The Balaban J connectivity index is 1.40. The third kappa shape index (κ3) is 3.53. The monoisotopic (exact) mass is 368 g/mol. The summed E-state index contributed by atoms with van der Waals surface area (Å²) in [5, 5.41) is 2.86. The Kier molecular flexibility index (Phi) is 4.58. The topological polar surface area (TPSA) is 77.1 Å². The molecule has 140 valence electrons. The summed E-state index contributed by atoms with van der Waals surface area (Å²) < 4.78 is 15.9. The standard InChI is InChI=1S/C20H20N2O5/c1-25-16-5-3-2-4-15(16)21-20(24)14-9-19(23)22(11-14)10-13-6-7-17-18(8-13)27-12-26-17/h2-8,14H,9-12H2,1H3,(H,21,24). The Morgan fingerprint density at radius 1 is 1.22 bits per heavy atom. The average Bonchev–Trinajstić information content (AvgIpc) is 3.28. The van der Waals surface area contributed by atoms with E-state index in [0.29, 0.717) is 36.0 Å². The highest BCUT2D eigenvalue weighted by Gasteiger charge is 2.34. The van der Waals surface area contributed by atoms with Gasteiger partial charge in [0.05, 0.1) is 18.7 Å². The minimum Gasteiger partial charge on any atom is -0.495 e. The van der Waals surface area contributed by atoms with Crippen molar-refractivity contribution >= 4 is 17.5 Å². The number of rotatable bonds is 5. The first-order valence-electron chi connectivity index (χ1n) is 8.74. The molecular formula is C20H20N2O5. The molecule has 1 N–H and O–H groups in total. The van der Waals surface area contributed by atoms with E-state index in [0.717, 1.165) is 5.56 Å². The molecule has 0 spiro atoms. The number of benzene rings is 2. The van der Waals surface area contributed by atoms with Gasteiger partial charge in [-0.15, -0.1) is 0 Å². The third-order valence-electron chi connectivity index (χ3n) is 4.76. The number of nitrogens with zero attached hydrogens (tertiary/aromatic N) is 1. The molecule has 2 aliphatic rings. The Labute approximate surface area is 156 Å². The SMILES string of the molecule is COc1ccccc1NC(=O)C1CC(=O)N(Cc2ccc3c(c2)OCO3)C1. The highest BCUT2D eigenvalue weighted by atomic mass is 16.7. The largest absolute Gasteiger partial charge is 0.495 e. The lowest BCUT2D eigenvalue weighted by Gasteiger charge is -2.17. The van der Waals surface area contributed by atoms with Crippen LogP contribution in [0.1, 0.15) is 12.0 Å². The minimum absolute atomic E-state index is 0.0344. The van der Waals surface area contributed by atoms with Crippen molar-refractivity contribution in [1.82, 2.24) is 4.90 Å². The highest BCUT2D eigenvalue weighted by molar-refractivity contribution is 5.98. The van der Waals surface area contributed by atoms with Crippen molar-refractivity contribution in [3.63, 3.8) is 0 Å². The predicted octanol–water partition coefficient (Wildman–Crippen LogP) is 2.41. The molecule has 0 radical (unpaired) electrons. The zero-order chi connectivity index (χ0) is 18.8. The van der Waals surface area contributed by atoms with E-state index in [9.17, 15) is 9.59 Å². The maximum Gasteiger partial charge on any atom is 0.231 e. The van der Waals surface area contributed by atoms with E-state index >= 15 is 0 Å². The molecule has 2 aliphatic heterocycles. The van der Waals surface area contributed by atoms with E-state index in [1.165, 1.54) is 0 Å². The van der Waals surface area contributed by atoms with Crippen LogP contribution in [-0.4, -0.2) is 37.2 Å². The lowest BCUT2D eigenvalue weighted by molar-refractivity contribution is -0.128. The lowest BCUT2D eigenvalue weighted by Crippen LogP contribution is -2.28. The van der Waals surface area contributed by atoms with Crippen LogP contribution < -0.4 is 19.5 Å². The molecule has 0 aliphatic carbocycles. The number of anilines is 1. The molecule has 7 nitrogen and oxygen atoms in total. The van der Waals surface area contributed by atoms with Gasteiger partial charge in [0, 0.05) is 19.5 Å². The zero-order valence-corrected chi connectivity index (χ0v) is 14.9. The van der Waals surface area contributed by atoms with Gasteiger partial charge < -0.3 is 24.4 Å². The third-order valence-corrected chi connectivity index (χ3v) is 4.76. The molecule has 1 unspecified atom stereocenters. The van der Waals surface area contributed by atoms with E-state index < -0.39 is 5.92 Å². The highest BCUT2D eigenvalue weighted by Crippen LogP contribution is 2.33. The molecule has 7 heteroatoms. The molecule has 1 fully saturated rings. The van der Waals surface area contributed by atoms with Crippen molar-refractivity contribution in [2.45, 2.75) is 13.0 Å². The second-order valence-electron chi connectivity index (χ2n) is 6.55. The van der Waals surface area contributed by atoms with Gasteiger partial charge in [-0.1, -0.05) is 18.2 Å². The van der Waals surface area contributed by atoms with Gasteiger partial charge in [-0.2, -0.15) is 0 Å². The first-order valence-corrected chi connectivity index (χ1v) is 8.74. The molecule has 1 atom stereocenters. The van der Waals surface area contributed by atoms with Gasteiger partial charge in [0.1, 0.15) is 5.75 Å². The van der Waals surface area contributed by atoms with Gasteiger partial charge >= 0.3 is 0 Å². The number of carbonyl (C=O) groups excluding carboxylic acids is 2. The number of ether oxygens (including phenoxy) is 3. The quantitative estimate of drug-likeness (QED) is 0.877. The van der Waals surface area contributed by atoms with Crippen LogP contribution in [0.15, 0.2) is 42.5 Å². The van der Waals surface area contributed by atoms with Gasteiger partial charge in [0.25, 0.3) is 0 Å². The van der Waals surface area contributed by atoms with Crippen LogP contribution in [0.25, 0.3) is 0 Å². The number of methoxy groups -OCH3 is 1. The van der Waals surface area contributed by atoms with Crippen LogP contribution in [-0.2, 0) is 16.1 Å². The average molecular weight is 368 g/mol. The molecule has 4 rings (SSSR count). The normalized spacial score (nSPS) is 17.9. The first-order chi connectivity index (χ1) is 13.1. The Morgan fingerprint density at radius 2 is 2.04 bits per heavy atom. The van der Waals surface area contributed by atoms with Crippen molar-refractivity contribution in [2.75, 3.05) is 25.8 Å². The Hall–Kier alpha value is -3.22. The summed E-state index contributed by atoms with van der Waals surface area (Å²) >= 11 is 0. The van der Waals surface area contributed by atoms with E-state index in [1.807, 2.05) is 30.3 Å². The Morgan fingerprint density at radius 3 is 2.89 bits per heavy atom. The van der Waals surface area contributed by atoms with E-state index in [4.69, 9.17) is 14.2 Å². The first kappa shape index (κ1) is 17.2. The second-order valence-corrected chi connectivity index (χ2v) is 6.55. The van der Waals surface area contributed by atoms with Crippen LogP contribution in [0, 0.1) is 5.92 Å². The van der Waals surface area contributed by atoms with Crippen molar-refractivity contribution in [3.05, 3.63) is 48.0 Å². The molecule has 1 saturated heterocycles. The number of hydrogen-bond donors (Lipinski definition) is 1. The molecule has 2 aromatic carbocycles. The minimum atomic E-state index is -0.392. The summed E-state index contributed by atoms with van der Waals surface area (Å²) in [5.41, 5.74) is 1.55. The maximum atomic E-state index is 12.6. The van der Waals surface area contributed by atoms with Crippen molar-refractivity contribution in [3.8, 4) is 17.2 Å². The fraction of sp³-hybridized carbons (Fsp3) is 0.300. The summed E-state index contributed by atoms with van der Waals surface area (Å²) in [6.45, 7) is 1.04. The number of hydrogen-bond acceptors (Lipinski definition) is 5. The van der Waals surface area contributed by atoms with E-state index in [1.54, 1.807) is 24.1 Å². The summed E-state index contributed by atoms with van der Waals surface area (Å²) in [7, 11) is 1.55. The number of para-hydroxylation sites is 2. The van der Waals surface area contributed by atoms with Crippen LogP contribution in [0.3, 0.4) is 0 Å². The van der Waals surface area contributed by atoms with E-state index in [2.05, 4.69) is 5.32 Å². The van der Waals surface area contributed by atoms with Gasteiger partial charge in [-0.25, -0.2) is 0 Å². The molecule has 0 saturated carbocycles. The summed E-state index contributed by atoms with van der Waals surface area (Å²) in [4.78, 5) is 26.7.